The molecule has 0 spiro atoms. The summed E-state index contributed by atoms with van der Waals surface area (Å²) in [5.74, 6) is 0.787. The first-order valence-corrected chi connectivity index (χ1v) is 8.75. The highest BCUT2D eigenvalue weighted by molar-refractivity contribution is 6.03. The Bertz CT molecular complexity index is 593. The van der Waals surface area contributed by atoms with Gasteiger partial charge in [-0.1, -0.05) is 39.8 Å². The zero-order valence-corrected chi connectivity index (χ0v) is 15.2. The van der Waals surface area contributed by atoms with Gasteiger partial charge >= 0.3 is 11.9 Å². The van der Waals surface area contributed by atoms with E-state index in [0.29, 0.717) is 23.7 Å². The molecule has 1 saturated carbocycles. The summed E-state index contributed by atoms with van der Waals surface area (Å²) in [6.07, 6.45) is 2.11. The van der Waals surface area contributed by atoms with Crippen LogP contribution in [0.25, 0.3) is 0 Å². The van der Waals surface area contributed by atoms with Crippen molar-refractivity contribution < 1.29 is 19.1 Å². The van der Waals surface area contributed by atoms with Gasteiger partial charge in [-0.15, -0.1) is 0 Å². The van der Waals surface area contributed by atoms with Gasteiger partial charge in [0, 0.05) is 0 Å². The van der Waals surface area contributed by atoms with Crippen LogP contribution in [0, 0.1) is 23.7 Å². The second-order valence-corrected chi connectivity index (χ2v) is 7.23. The minimum Gasteiger partial charge on any atom is -0.465 e. The molecule has 0 saturated heterocycles. The van der Waals surface area contributed by atoms with Gasteiger partial charge in [0.15, 0.2) is 0 Å². The Morgan fingerprint density at radius 2 is 1.62 bits per heavy atom. The van der Waals surface area contributed by atoms with Crippen molar-refractivity contribution in [2.24, 2.45) is 23.7 Å². The van der Waals surface area contributed by atoms with Gasteiger partial charge in [-0.05, 0) is 48.6 Å². The molecular weight excluding hydrogens is 304 g/mol. The molecule has 4 unspecified atom stereocenters. The van der Waals surface area contributed by atoms with E-state index in [1.165, 1.54) is 13.5 Å². The fourth-order valence-corrected chi connectivity index (χ4v) is 3.94. The quantitative estimate of drug-likeness (QED) is 0.770. The third-order valence-corrected chi connectivity index (χ3v) is 5.36. The van der Waals surface area contributed by atoms with Crippen LogP contribution < -0.4 is 0 Å². The molecule has 4 nitrogen and oxygen atoms in total. The third-order valence-electron chi connectivity index (χ3n) is 5.36. The number of carbonyl (C=O) groups is 2. The van der Waals surface area contributed by atoms with Crippen LogP contribution in [0.2, 0.25) is 0 Å². The Balaban J connectivity index is 2.21. The predicted octanol–water partition coefficient (Wildman–Crippen LogP) is 4.34. The molecule has 24 heavy (non-hydrogen) atoms. The van der Waals surface area contributed by atoms with Crippen LogP contribution in [0.4, 0.5) is 0 Å². The average molecular weight is 332 g/mol. The number of hydrogen-bond acceptors (Lipinski definition) is 4. The molecule has 1 aromatic rings. The highest BCUT2D eigenvalue weighted by Gasteiger charge is 2.38. The molecule has 0 bridgehead atoms. The summed E-state index contributed by atoms with van der Waals surface area (Å²) >= 11 is 0. The first kappa shape index (κ1) is 18.5. The lowest BCUT2D eigenvalue weighted by atomic mass is 9.69. The van der Waals surface area contributed by atoms with Crippen molar-refractivity contribution in [3.63, 3.8) is 0 Å². The normalized spacial score (nSPS) is 26.9. The second-order valence-electron chi connectivity index (χ2n) is 7.23. The van der Waals surface area contributed by atoms with Gasteiger partial charge in [0.25, 0.3) is 0 Å². The summed E-state index contributed by atoms with van der Waals surface area (Å²) in [6, 6.07) is 6.65. The maximum Gasteiger partial charge on any atom is 0.339 e. The molecule has 1 aliphatic rings. The molecule has 1 aromatic carbocycles. The first-order valence-electron chi connectivity index (χ1n) is 8.75. The molecule has 0 radical (unpaired) electrons. The summed E-state index contributed by atoms with van der Waals surface area (Å²) in [5.41, 5.74) is 0.525. The fraction of sp³-hybridized carbons (Fsp3) is 0.600. The molecule has 1 fully saturated rings. The number of benzene rings is 1. The van der Waals surface area contributed by atoms with Crippen LogP contribution in [0.1, 0.15) is 61.3 Å². The van der Waals surface area contributed by atoms with Crippen molar-refractivity contribution >= 4 is 11.9 Å². The summed E-state index contributed by atoms with van der Waals surface area (Å²) in [4.78, 5) is 24.6. The molecule has 0 N–H and O–H groups in total. The summed E-state index contributed by atoms with van der Waals surface area (Å²) in [7, 11) is 1.31. The van der Waals surface area contributed by atoms with Gasteiger partial charge in [-0.2, -0.15) is 0 Å². The van der Waals surface area contributed by atoms with E-state index in [-0.39, 0.29) is 17.2 Å². The van der Waals surface area contributed by atoms with Crippen molar-refractivity contribution in [2.45, 2.75) is 46.6 Å². The molecule has 132 valence electrons. The van der Waals surface area contributed by atoms with Crippen molar-refractivity contribution in [2.75, 3.05) is 7.11 Å². The Hall–Kier alpha value is -1.84. The molecule has 4 atom stereocenters. The minimum atomic E-state index is -0.521. The van der Waals surface area contributed by atoms with E-state index in [1.807, 2.05) is 0 Å². The van der Waals surface area contributed by atoms with Crippen LogP contribution in [0.15, 0.2) is 24.3 Å². The van der Waals surface area contributed by atoms with Gasteiger partial charge in [-0.3, -0.25) is 0 Å². The summed E-state index contributed by atoms with van der Waals surface area (Å²) < 4.78 is 10.6. The van der Waals surface area contributed by atoms with Crippen molar-refractivity contribution in [1.82, 2.24) is 0 Å². The van der Waals surface area contributed by atoms with E-state index in [1.54, 1.807) is 24.3 Å². The summed E-state index contributed by atoms with van der Waals surface area (Å²) in [6.45, 7) is 8.76. The van der Waals surface area contributed by atoms with E-state index >= 15 is 0 Å². The van der Waals surface area contributed by atoms with Crippen LogP contribution in [0.3, 0.4) is 0 Å². The smallest absolute Gasteiger partial charge is 0.339 e. The van der Waals surface area contributed by atoms with Gasteiger partial charge in [0.1, 0.15) is 6.10 Å². The van der Waals surface area contributed by atoms with Gasteiger partial charge in [-0.25, -0.2) is 9.59 Å². The van der Waals surface area contributed by atoms with Gasteiger partial charge < -0.3 is 9.47 Å². The van der Waals surface area contributed by atoms with E-state index in [9.17, 15) is 9.59 Å². The first-order chi connectivity index (χ1) is 11.4. The fourth-order valence-electron chi connectivity index (χ4n) is 3.94. The number of carbonyl (C=O) groups excluding carboxylic acids is 2. The molecule has 0 amide bonds. The lowest BCUT2D eigenvalue weighted by molar-refractivity contribution is -0.0412. The van der Waals surface area contributed by atoms with Crippen molar-refractivity contribution in [3.8, 4) is 0 Å². The third kappa shape index (κ3) is 3.80. The molecule has 0 aliphatic heterocycles. The Labute approximate surface area is 144 Å². The Morgan fingerprint density at radius 1 is 1.04 bits per heavy atom. The Morgan fingerprint density at radius 3 is 2.17 bits per heavy atom. The SMILES string of the molecule is COC(=O)c1ccccc1C(=O)OC1C(C)CCC(C(C)C)C1C. The molecule has 0 aromatic heterocycles. The average Bonchev–Trinajstić information content (AvgIpc) is 2.57. The van der Waals surface area contributed by atoms with Crippen molar-refractivity contribution in [1.29, 1.82) is 0 Å². The maximum atomic E-state index is 12.7. The Kier molecular flexibility index (Phi) is 6.03. The standard InChI is InChI=1S/C20H28O4/c1-12(2)15-11-10-13(3)18(14(15)4)24-20(22)17-9-7-6-8-16(17)19(21)23-5/h6-9,12-15,18H,10-11H2,1-5H3. The van der Waals surface area contributed by atoms with E-state index in [4.69, 9.17) is 9.47 Å². The molecule has 1 aliphatic carbocycles. The number of methoxy groups -OCH3 is 1. The highest BCUT2D eigenvalue weighted by atomic mass is 16.5. The largest absolute Gasteiger partial charge is 0.465 e. The second kappa shape index (κ2) is 7.82. The van der Waals surface area contributed by atoms with Gasteiger partial charge in [0.2, 0.25) is 0 Å². The zero-order valence-electron chi connectivity index (χ0n) is 15.2. The van der Waals surface area contributed by atoms with Crippen LogP contribution in [-0.4, -0.2) is 25.2 Å². The lowest BCUT2D eigenvalue weighted by Gasteiger charge is -2.41. The number of hydrogen-bond donors (Lipinski definition) is 0. The topological polar surface area (TPSA) is 52.6 Å². The van der Waals surface area contributed by atoms with E-state index < -0.39 is 11.9 Å². The van der Waals surface area contributed by atoms with E-state index in [0.717, 1.165) is 6.42 Å². The van der Waals surface area contributed by atoms with Crippen molar-refractivity contribution in [3.05, 3.63) is 35.4 Å². The van der Waals surface area contributed by atoms with Crippen LogP contribution >= 0.6 is 0 Å². The monoisotopic (exact) mass is 332 g/mol. The maximum absolute atomic E-state index is 12.7. The predicted molar refractivity (Wildman–Crippen MR) is 92.9 cm³/mol. The van der Waals surface area contributed by atoms with Gasteiger partial charge in [0.05, 0.1) is 18.2 Å². The molecule has 0 heterocycles. The number of rotatable bonds is 4. The minimum absolute atomic E-state index is 0.121. The zero-order chi connectivity index (χ0) is 17.9. The number of esters is 2. The van der Waals surface area contributed by atoms with Crippen LogP contribution in [-0.2, 0) is 9.47 Å². The molecular formula is C20H28O4. The highest BCUT2D eigenvalue weighted by Crippen LogP contribution is 2.39. The molecule has 2 rings (SSSR count). The molecule has 4 heteroatoms. The number of ether oxygens (including phenoxy) is 2. The summed E-state index contributed by atoms with van der Waals surface area (Å²) in [5, 5.41) is 0. The van der Waals surface area contributed by atoms with Crippen LogP contribution in [0.5, 0.6) is 0 Å². The van der Waals surface area contributed by atoms with E-state index in [2.05, 4.69) is 27.7 Å². The lowest BCUT2D eigenvalue weighted by Crippen LogP contribution is -2.41.